The standard InChI is InChI=1S/C25H26N2O7/c1-3-34-19-11-9-17(10-12-19)21(28)20-22(29)23(30)27(18-7-5-4-6-8-18)25(20,24(31)32-2)26-13-15-33-16-14-26/h4-12,28H,3,13-16H2,1-2H3/b21-20+/t25-/m0/s1. The molecule has 9 heteroatoms. The fraction of sp³-hybridized carbons (Fsp3) is 0.320. The lowest BCUT2D eigenvalue weighted by molar-refractivity contribution is -0.155. The van der Waals surface area contributed by atoms with Crippen molar-refractivity contribution in [2.75, 3.05) is 44.9 Å². The molecule has 2 heterocycles. The topological polar surface area (TPSA) is 106 Å². The van der Waals surface area contributed by atoms with Gasteiger partial charge in [-0.05, 0) is 43.3 Å². The molecule has 0 unspecified atom stereocenters. The van der Waals surface area contributed by atoms with Crippen molar-refractivity contribution in [1.82, 2.24) is 4.90 Å². The minimum atomic E-state index is -2.00. The van der Waals surface area contributed by atoms with Crippen LogP contribution in [-0.2, 0) is 23.9 Å². The molecule has 0 radical (unpaired) electrons. The highest BCUT2D eigenvalue weighted by atomic mass is 16.5. The third-order valence-electron chi connectivity index (χ3n) is 5.93. The van der Waals surface area contributed by atoms with Crippen LogP contribution in [0.15, 0.2) is 60.2 Å². The quantitative estimate of drug-likeness (QED) is 0.299. The van der Waals surface area contributed by atoms with Crippen LogP contribution in [-0.4, -0.2) is 73.3 Å². The second-order valence-electron chi connectivity index (χ2n) is 7.75. The summed E-state index contributed by atoms with van der Waals surface area (Å²) in [6, 6.07) is 14.8. The number of carbonyl (C=O) groups is 3. The van der Waals surface area contributed by atoms with Gasteiger partial charge in [0.05, 0.1) is 26.9 Å². The van der Waals surface area contributed by atoms with E-state index in [9.17, 15) is 19.5 Å². The first kappa shape index (κ1) is 23.5. The van der Waals surface area contributed by atoms with E-state index in [-0.39, 0.29) is 37.4 Å². The Morgan fingerprint density at radius 2 is 1.71 bits per heavy atom. The van der Waals surface area contributed by atoms with E-state index in [1.54, 1.807) is 59.5 Å². The Balaban J connectivity index is 1.99. The summed E-state index contributed by atoms with van der Waals surface area (Å²) < 4.78 is 16.1. The molecule has 0 aliphatic carbocycles. The molecular formula is C25H26N2O7. The number of rotatable bonds is 6. The molecule has 34 heavy (non-hydrogen) atoms. The summed E-state index contributed by atoms with van der Waals surface area (Å²) >= 11 is 0. The molecular weight excluding hydrogens is 440 g/mol. The molecule has 178 valence electrons. The van der Waals surface area contributed by atoms with E-state index in [2.05, 4.69) is 0 Å². The van der Waals surface area contributed by atoms with Gasteiger partial charge >= 0.3 is 11.9 Å². The molecule has 9 nitrogen and oxygen atoms in total. The maximum absolute atomic E-state index is 13.6. The lowest BCUT2D eigenvalue weighted by Crippen LogP contribution is -2.67. The highest BCUT2D eigenvalue weighted by Gasteiger charge is 2.66. The number of aliphatic hydroxyl groups is 1. The van der Waals surface area contributed by atoms with Gasteiger partial charge in [0, 0.05) is 24.3 Å². The van der Waals surface area contributed by atoms with Crippen LogP contribution in [0.25, 0.3) is 5.76 Å². The normalized spacial score (nSPS) is 22.6. The van der Waals surface area contributed by atoms with Gasteiger partial charge in [-0.25, -0.2) is 4.79 Å². The van der Waals surface area contributed by atoms with E-state index in [0.29, 0.717) is 18.0 Å². The zero-order chi connectivity index (χ0) is 24.3. The Labute approximate surface area is 197 Å². The van der Waals surface area contributed by atoms with Gasteiger partial charge in [0.25, 0.3) is 5.78 Å². The van der Waals surface area contributed by atoms with Crippen molar-refractivity contribution >= 4 is 29.1 Å². The predicted molar refractivity (Wildman–Crippen MR) is 123 cm³/mol. The number of methoxy groups -OCH3 is 1. The monoisotopic (exact) mass is 466 g/mol. The number of amides is 1. The molecule has 4 rings (SSSR count). The minimum absolute atomic E-state index is 0.235. The first-order chi connectivity index (χ1) is 16.5. The Morgan fingerprint density at radius 1 is 1.06 bits per heavy atom. The first-order valence-corrected chi connectivity index (χ1v) is 11.0. The number of anilines is 1. The van der Waals surface area contributed by atoms with Crippen molar-refractivity contribution < 1.29 is 33.7 Å². The number of carbonyl (C=O) groups excluding carboxylic acids is 3. The second kappa shape index (κ2) is 9.66. The number of hydrogen-bond donors (Lipinski definition) is 1. The number of ketones is 1. The highest BCUT2D eigenvalue weighted by Crippen LogP contribution is 2.44. The molecule has 2 aliphatic heterocycles. The molecule has 1 N–H and O–H groups in total. The van der Waals surface area contributed by atoms with E-state index in [4.69, 9.17) is 14.2 Å². The molecule has 2 aliphatic rings. The summed E-state index contributed by atoms with van der Waals surface area (Å²) in [5, 5.41) is 11.4. The van der Waals surface area contributed by atoms with Gasteiger partial charge in [0.15, 0.2) is 0 Å². The van der Waals surface area contributed by atoms with E-state index >= 15 is 0 Å². The van der Waals surface area contributed by atoms with Crippen LogP contribution in [0.1, 0.15) is 12.5 Å². The molecule has 2 fully saturated rings. The van der Waals surface area contributed by atoms with Crippen LogP contribution in [0, 0.1) is 0 Å². The molecule has 0 aromatic heterocycles. The molecule has 1 amide bonds. The Morgan fingerprint density at radius 3 is 2.29 bits per heavy atom. The number of hydrogen-bond acceptors (Lipinski definition) is 8. The molecule has 2 aromatic rings. The zero-order valence-corrected chi connectivity index (χ0v) is 19.0. The summed E-state index contributed by atoms with van der Waals surface area (Å²) in [5.74, 6) is -2.67. The van der Waals surface area contributed by atoms with Gasteiger partial charge in [0.2, 0.25) is 5.66 Å². The van der Waals surface area contributed by atoms with Gasteiger partial charge in [-0.2, -0.15) is 0 Å². The summed E-state index contributed by atoms with van der Waals surface area (Å²) in [4.78, 5) is 43.2. The van der Waals surface area contributed by atoms with Crippen LogP contribution < -0.4 is 9.64 Å². The lowest BCUT2D eigenvalue weighted by Gasteiger charge is -2.45. The fourth-order valence-electron chi connectivity index (χ4n) is 4.45. The summed E-state index contributed by atoms with van der Waals surface area (Å²) in [6.45, 7) is 3.34. The van der Waals surface area contributed by atoms with E-state index in [1.165, 1.54) is 7.11 Å². The Hall–Kier alpha value is -3.69. The molecule has 1 atom stereocenters. The summed E-state index contributed by atoms with van der Waals surface area (Å²) in [5.41, 5.74) is -1.76. The van der Waals surface area contributed by atoms with Crippen molar-refractivity contribution in [3.63, 3.8) is 0 Å². The van der Waals surface area contributed by atoms with Gasteiger partial charge in [-0.3, -0.25) is 19.4 Å². The number of ether oxygens (including phenoxy) is 3. The second-order valence-corrected chi connectivity index (χ2v) is 7.75. The van der Waals surface area contributed by atoms with Gasteiger partial charge in [-0.15, -0.1) is 0 Å². The van der Waals surface area contributed by atoms with Crippen LogP contribution >= 0.6 is 0 Å². The first-order valence-electron chi connectivity index (χ1n) is 11.0. The van der Waals surface area contributed by atoms with Crippen LogP contribution in [0.2, 0.25) is 0 Å². The number of morpholine rings is 1. The molecule has 0 spiro atoms. The largest absolute Gasteiger partial charge is 0.507 e. The number of para-hydroxylation sites is 1. The Kier molecular flexibility index (Phi) is 6.67. The number of benzene rings is 2. The van der Waals surface area contributed by atoms with Gasteiger partial charge < -0.3 is 19.3 Å². The van der Waals surface area contributed by atoms with Crippen LogP contribution in [0.5, 0.6) is 5.75 Å². The van der Waals surface area contributed by atoms with Crippen molar-refractivity contribution in [2.45, 2.75) is 12.6 Å². The summed E-state index contributed by atoms with van der Waals surface area (Å²) in [7, 11) is 1.19. The van der Waals surface area contributed by atoms with Crippen molar-refractivity contribution in [2.24, 2.45) is 0 Å². The van der Waals surface area contributed by atoms with Crippen molar-refractivity contribution in [3.05, 3.63) is 65.7 Å². The average Bonchev–Trinajstić information content (AvgIpc) is 3.12. The van der Waals surface area contributed by atoms with Gasteiger partial charge in [-0.1, -0.05) is 18.2 Å². The maximum Gasteiger partial charge on any atom is 0.352 e. The molecule has 0 saturated carbocycles. The number of aliphatic hydroxyl groups excluding tert-OH is 1. The molecule has 2 saturated heterocycles. The average molecular weight is 466 g/mol. The smallest absolute Gasteiger partial charge is 0.352 e. The minimum Gasteiger partial charge on any atom is -0.507 e. The third kappa shape index (κ3) is 3.72. The van der Waals surface area contributed by atoms with Crippen molar-refractivity contribution in [3.8, 4) is 5.75 Å². The van der Waals surface area contributed by atoms with Gasteiger partial charge in [0.1, 0.15) is 17.1 Å². The number of esters is 1. The van der Waals surface area contributed by atoms with Crippen molar-refractivity contribution in [1.29, 1.82) is 0 Å². The lowest BCUT2D eigenvalue weighted by atomic mass is 9.92. The Bertz CT molecular complexity index is 1110. The third-order valence-corrected chi connectivity index (χ3v) is 5.93. The van der Waals surface area contributed by atoms with E-state index in [1.807, 2.05) is 6.92 Å². The summed E-state index contributed by atoms with van der Waals surface area (Å²) in [6.07, 6.45) is 0. The van der Waals surface area contributed by atoms with Crippen LogP contribution in [0.3, 0.4) is 0 Å². The highest BCUT2D eigenvalue weighted by molar-refractivity contribution is 6.54. The molecule has 2 aromatic carbocycles. The van der Waals surface area contributed by atoms with Crippen LogP contribution in [0.4, 0.5) is 5.69 Å². The van der Waals surface area contributed by atoms with E-state index < -0.39 is 29.1 Å². The number of Topliss-reactive ketones (excluding diaryl/α,β-unsaturated/α-hetero) is 1. The predicted octanol–water partition coefficient (Wildman–Crippen LogP) is 2.17. The number of nitrogens with zero attached hydrogens (tertiary/aromatic N) is 2. The van der Waals surface area contributed by atoms with E-state index in [0.717, 1.165) is 4.90 Å². The SMILES string of the molecule is CCOc1ccc(/C(O)=C2/C(=O)C(=O)N(c3ccccc3)[C@@]2(C(=O)OC)N2CCOCC2)cc1. The maximum atomic E-state index is 13.6. The zero-order valence-electron chi connectivity index (χ0n) is 19.0. The fourth-order valence-corrected chi connectivity index (χ4v) is 4.45. The molecule has 0 bridgehead atoms.